The highest BCUT2D eigenvalue weighted by atomic mass is 16.5. The zero-order chi connectivity index (χ0) is 12.7. The molecule has 0 N–H and O–H groups in total. The van der Waals surface area contributed by atoms with Crippen molar-refractivity contribution in [1.82, 2.24) is 4.90 Å². The summed E-state index contributed by atoms with van der Waals surface area (Å²) in [7, 11) is 2.12. The molecule has 0 aliphatic heterocycles. The normalized spacial score (nSPS) is 16.2. The molecule has 0 saturated heterocycles. The maximum atomic E-state index is 8.91. The molecule has 1 saturated carbocycles. The maximum Gasteiger partial charge on any atom is 0.0683 e. The van der Waals surface area contributed by atoms with E-state index in [0.717, 1.165) is 45.1 Å². The predicted octanol–water partition coefficient (Wildman–Crippen LogP) is 2.67. The number of hydrogen-bond acceptors (Lipinski definition) is 3. The van der Waals surface area contributed by atoms with Gasteiger partial charge in [0, 0.05) is 13.2 Å². The molecule has 0 bridgehead atoms. The van der Waals surface area contributed by atoms with Crippen LogP contribution in [-0.2, 0) is 4.74 Å². The lowest BCUT2D eigenvalue weighted by atomic mass is 9.90. The highest BCUT2D eigenvalue weighted by Crippen LogP contribution is 2.28. The number of nitrogens with zero attached hydrogens (tertiary/aromatic N) is 2. The third-order valence-electron chi connectivity index (χ3n) is 3.31. The van der Waals surface area contributed by atoms with Gasteiger partial charge in [0.1, 0.15) is 0 Å². The quantitative estimate of drug-likeness (QED) is 0.579. The largest absolute Gasteiger partial charge is 0.380 e. The van der Waals surface area contributed by atoms with E-state index in [4.69, 9.17) is 10.00 Å². The molecule has 0 aromatic carbocycles. The minimum Gasteiger partial charge on any atom is -0.380 e. The van der Waals surface area contributed by atoms with Crippen molar-refractivity contribution in [3.8, 4) is 6.07 Å². The Balaban J connectivity index is 1.93. The topological polar surface area (TPSA) is 36.3 Å². The third-order valence-corrected chi connectivity index (χ3v) is 3.31. The molecule has 1 rings (SSSR count). The summed E-state index contributed by atoms with van der Waals surface area (Å²) in [6.07, 6.45) is 4.77. The summed E-state index contributed by atoms with van der Waals surface area (Å²) in [6, 6.07) is 2.34. The van der Waals surface area contributed by atoms with Gasteiger partial charge in [0.05, 0.1) is 18.1 Å². The van der Waals surface area contributed by atoms with Crippen molar-refractivity contribution in [1.29, 1.82) is 5.26 Å². The summed E-state index contributed by atoms with van der Waals surface area (Å²) in [5.74, 6) is 0.858. The molecule has 0 spiro atoms. The summed E-state index contributed by atoms with van der Waals surface area (Å²) in [4.78, 5) is 2.29. The molecule has 0 radical (unpaired) electrons. The van der Waals surface area contributed by atoms with Crippen molar-refractivity contribution in [2.75, 3.05) is 33.4 Å². The van der Waals surface area contributed by atoms with Gasteiger partial charge in [0.15, 0.2) is 0 Å². The van der Waals surface area contributed by atoms with Crippen LogP contribution < -0.4 is 0 Å². The second-order valence-electron chi connectivity index (χ2n) is 5.92. The van der Waals surface area contributed by atoms with Gasteiger partial charge in [-0.1, -0.05) is 0 Å². The van der Waals surface area contributed by atoms with Gasteiger partial charge in [0.2, 0.25) is 0 Å². The lowest BCUT2D eigenvalue weighted by Gasteiger charge is -2.19. The molecule has 1 fully saturated rings. The Bertz CT molecular complexity index is 253. The first-order valence-corrected chi connectivity index (χ1v) is 6.71. The molecule has 1 aliphatic carbocycles. The van der Waals surface area contributed by atoms with Crippen LogP contribution in [0.3, 0.4) is 0 Å². The molecule has 0 amide bonds. The first-order valence-electron chi connectivity index (χ1n) is 6.71. The second-order valence-corrected chi connectivity index (χ2v) is 5.92. The smallest absolute Gasteiger partial charge is 0.0683 e. The standard InChI is InChI=1S/C14H26N2O/c1-14(2,12-15)7-4-8-16(3)9-10-17-11-13-5-6-13/h13H,4-11H2,1-3H3. The Labute approximate surface area is 106 Å². The molecular formula is C14H26N2O. The van der Waals surface area contributed by atoms with Crippen LogP contribution in [-0.4, -0.2) is 38.3 Å². The van der Waals surface area contributed by atoms with Crippen LogP contribution in [0.25, 0.3) is 0 Å². The van der Waals surface area contributed by atoms with Gasteiger partial charge in [-0.05, 0) is 59.0 Å². The van der Waals surface area contributed by atoms with Gasteiger partial charge < -0.3 is 9.64 Å². The van der Waals surface area contributed by atoms with Crippen molar-refractivity contribution in [2.45, 2.75) is 39.5 Å². The fourth-order valence-electron chi connectivity index (χ4n) is 1.71. The summed E-state index contributed by atoms with van der Waals surface area (Å²) >= 11 is 0. The first kappa shape index (κ1) is 14.5. The van der Waals surface area contributed by atoms with Crippen molar-refractivity contribution in [3.63, 3.8) is 0 Å². The van der Waals surface area contributed by atoms with Gasteiger partial charge >= 0.3 is 0 Å². The number of rotatable bonds is 9. The highest BCUT2D eigenvalue weighted by Gasteiger charge is 2.21. The van der Waals surface area contributed by atoms with E-state index in [-0.39, 0.29) is 5.41 Å². The zero-order valence-corrected chi connectivity index (χ0v) is 11.5. The Morgan fingerprint density at radius 1 is 1.35 bits per heavy atom. The zero-order valence-electron chi connectivity index (χ0n) is 11.5. The Kier molecular flexibility index (Phi) is 5.94. The molecule has 1 aliphatic rings. The van der Waals surface area contributed by atoms with Crippen molar-refractivity contribution >= 4 is 0 Å². The van der Waals surface area contributed by atoms with Gasteiger partial charge in [-0.25, -0.2) is 0 Å². The van der Waals surface area contributed by atoms with E-state index < -0.39 is 0 Å². The van der Waals surface area contributed by atoms with Crippen LogP contribution in [0.4, 0.5) is 0 Å². The fourth-order valence-corrected chi connectivity index (χ4v) is 1.71. The van der Waals surface area contributed by atoms with E-state index in [9.17, 15) is 0 Å². The van der Waals surface area contributed by atoms with E-state index in [1.165, 1.54) is 12.8 Å². The van der Waals surface area contributed by atoms with Crippen molar-refractivity contribution in [3.05, 3.63) is 0 Å². The Morgan fingerprint density at radius 2 is 2.06 bits per heavy atom. The van der Waals surface area contributed by atoms with Crippen LogP contribution in [0.15, 0.2) is 0 Å². The molecule has 0 unspecified atom stereocenters. The summed E-state index contributed by atoms with van der Waals surface area (Å²) < 4.78 is 5.60. The lowest BCUT2D eigenvalue weighted by Crippen LogP contribution is -2.25. The maximum absolute atomic E-state index is 8.91. The van der Waals surface area contributed by atoms with Crippen LogP contribution in [0.2, 0.25) is 0 Å². The van der Waals surface area contributed by atoms with Crippen LogP contribution >= 0.6 is 0 Å². The molecule has 3 nitrogen and oxygen atoms in total. The van der Waals surface area contributed by atoms with E-state index >= 15 is 0 Å². The molecule has 0 heterocycles. The molecule has 0 atom stereocenters. The molecule has 98 valence electrons. The minimum absolute atomic E-state index is 0.177. The first-order chi connectivity index (χ1) is 8.03. The summed E-state index contributed by atoms with van der Waals surface area (Å²) in [6.45, 7) is 7.86. The second kappa shape index (κ2) is 6.98. The van der Waals surface area contributed by atoms with Crippen LogP contribution in [0.5, 0.6) is 0 Å². The van der Waals surface area contributed by atoms with Crippen LogP contribution in [0, 0.1) is 22.7 Å². The molecule has 3 heteroatoms. The van der Waals surface area contributed by atoms with E-state index in [2.05, 4.69) is 18.0 Å². The summed E-state index contributed by atoms with van der Waals surface area (Å²) in [5.41, 5.74) is -0.177. The number of nitriles is 1. The number of likely N-dealkylation sites (N-methyl/N-ethyl adjacent to an activating group) is 1. The van der Waals surface area contributed by atoms with E-state index in [1.807, 2.05) is 13.8 Å². The van der Waals surface area contributed by atoms with E-state index in [0.29, 0.717) is 0 Å². The average Bonchev–Trinajstić information content (AvgIpc) is 3.08. The SMILES string of the molecule is CN(CCCC(C)(C)C#N)CCOCC1CC1. The minimum atomic E-state index is -0.177. The van der Waals surface area contributed by atoms with E-state index in [1.54, 1.807) is 0 Å². The summed E-state index contributed by atoms with van der Waals surface area (Å²) in [5, 5.41) is 8.91. The predicted molar refractivity (Wildman–Crippen MR) is 69.7 cm³/mol. The van der Waals surface area contributed by atoms with Gasteiger partial charge in [-0.3, -0.25) is 0 Å². The Hall–Kier alpha value is -0.590. The monoisotopic (exact) mass is 238 g/mol. The van der Waals surface area contributed by atoms with Crippen LogP contribution in [0.1, 0.15) is 39.5 Å². The average molecular weight is 238 g/mol. The van der Waals surface area contributed by atoms with Gasteiger partial charge in [0.25, 0.3) is 0 Å². The fraction of sp³-hybridized carbons (Fsp3) is 0.929. The molecule has 0 aromatic rings. The molecule has 0 aromatic heterocycles. The molecule has 17 heavy (non-hydrogen) atoms. The molecular weight excluding hydrogens is 212 g/mol. The Morgan fingerprint density at radius 3 is 2.65 bits per heavy atom. The third kappa shape index (κ3) is 7.36. The number of hydrogen-bond donors (Lipinski definition) is 0. The van der Waals surface area contributed by atoms with Crippen molar-refractivity contribution in [2.24, 2.45) is 11.3 Å². The van der Waals surface area contributed by atoms with Gasteiger partial charge in [-0.2, -0.15) is 5.26 Å². The van der Waals surface area contributed by atoms with Gasteiger partial charge in [-0.15, -0.1) is 0 Å². The number of ether oxygens (including phenoxy) is 1. The lowest BCUT2D eigenvalue weighted by molar-refractivity contribution is 0.102. The highest BCUT2D eigenvalue weighted by molar-refractivity contribution is 4.91. The van der Waals surface area contributed by atoms with Crippen molar-refractivity contribution < 1.29 is 4.74 Å².